The molecule has 1 unspecified atom stereocenters. The van der Waals surface area contributed by atoms with Crippen LogP contribution in [0.5, 0.6) is 0 Å². The quantitative estimate of drug-likeness (QED) is 0.585. The van der Waals surface area contributed by atoms with Crippen LogP contribution in [-0.2, 0) is 13.3 Å². The van der Waals surface area contributed by atoms with Crippen LogP contribution < -0.4 is 0 Å². The van der Waals surface area contributed by atoms with Gasteiger partial charge >= 0.3 is 8.80 Å². The van der Waals surface area contributed by atoms with Gasteiger partial charge in [-0.3, -0.25) is 0 Å². The van der Waals surface area contributed by atoms with Crippen LogP contribution in [-0.4, -0.2) is 54.2 Å². The minimum Gasteiger partial charge on any atom is -0.374 e. The first-order valence-corrected chi connectivity index (χ1v) is 7.89. The van der Waals surface area contributed by atoms with Crippen LogP contribution in [0.1, 0.15) is 27.7 Å². The first-order valence-electron chi connectivity index (χ1n) is 6.08. The highest BCUT2D eigenvalue weighted by molar-refractivity contribution is 6.62. The molecule has 98 valence electrons. The molecule has 0 saturated carbocycles. The molecule has 0 heterocycles. The zero-order valence-corrected chi connectivity index (χ0v) is 12.6. The molecular formula is C11H27NO3Si. The summed E-state index contributed by atoms with van der Waals surface area (Å²) in [6.07, 6.45) is 0. The molecule has 0 aromatic carbocycles. The molecule has 0 radical (unpaired) electrons. The molecule has 0 aliphatic carbocycles. The Balaban J connectivity index is 4.68. The minimum atomic E-state index is -2.50. The first-order chi connectivity index (χ1) is 7.52. The van der Waals surface area contributed by atoms with Gasteiger partial charge in [-0.2, -0.15) is 0 Å². The monoisotopic (exact) mass is 249 g/mol. The maximum absolute atomic E-state index is 5.84. The minimum absolute atomic E-state index is 0.294. The van der Waals surface area contributed by atoms with Crippen molar-refractivity contribution in [2.75, 3.05) is 40.5 Å². The molecule has 0 amide bonds. The fraction of sp³-hybridized carbons (Fsp3) is 1.00. The van der Waals surface area contributed by atoms with E-state index in [4.69, 9.17) is 13.3 Å². The molecule has 1 atom stereocenters. The normalized spacial score (nSPS) is 14.4. The predicted molar refractivity (Wildman–Crippen MR) is 68.6 cm³/mol. The van der Waals surface area contributed by atoms with Gasteiger partial charge in [-0.05, 0) is 34.9 Å². The van der Waals surface area contributed by atoms with E-state index in [1.807, 2.05) is 20.8 Å². The van der Waals surface area contributed by atoms with Gasteiger partial charge in [-0.1, -0.05) is 6.92 Å². The summed E-state index contributed by atoms with van der Waals surface area (Å²) >= 11 is 0. The standard InChI is InChI=1S/C11H27NO3Si/c1-7-13-16(14-8-2,15-9-3)11(4)10-12(5)6/h11H,7-10H2,1-6H3. The molecule has 4 nitrogen and oxygen atoms in total. The summed E-state index contributed by atoms with van der Waals surface area (Å²) in [5.74, 6) is 0. The molecule has 0 bridgehead atoms. The van der Waals surface area contributed by atoms with E-state index in [-0.39, 0.29) is 0 Å². The molecule has 0 rings (SSSR count). The molecule has 0 aromatic rings. The molecule has 5 heteroatoms. The lowest BCUT2D eigenvalue weighted by Crippen LogP contribution is -2.52. The van der Waals surface area contributed by atoms with Gasteiger partial charge in [0.05, 0.1) is 0 Å². The molecule has 0 fully saturated rings. The third-order valence-electron chi connectivity index (χ3n) is 2.28. The van der Waals surface area contributed by atoms with Crippen LogP contribution in [0, 0.1) is 0 Å². The van der Waals surface area contributed by atoms with E-state index in [0.29, 0.717) is 25.4 Å². The van der Waals surface area contributed by atoms with Gasteiger partial charge in [0.2, 0.25) is 0 Å². The second-order valence-electron chi connectivity index (χ2n) is 4.07. The second kappa shape index (κ2) is 8.19. The van der Waals surface area contributed by atoms with Crippen molar-refractivity contribution in [1.29, 1.82) is 0 Å². The predicted octanol–water partition coefficient (Wildman–Crippen LogP) is 1.99. The van der Waals surface area contributed by atoms with Gasteiger partial charge in [0.1, 0.15) is 0 Å². The van der Waals surface area contributed by atoms with E-state index in [1.54, 1.807) is 0 Å². The zero-order valence-electron chi connectivity index (χ0n) is 11.6. The average molecular weight is 249 g/mol. The SMILES string of the molecule is CCO[Si](OCC)(OCC)C(C)CN(C)C. The molecule has 0 aliphatic rings. The Morgan fingerprint density at radius 3 is 1.56 bits per heavy atom. The number of rotatable bonds is 9. The Hall–Kier alpha value is 0.0569. The highest BCUT2D eigenvalue weighted by Gasteiger charge is 2.46. The molecule has 0 saturated heterocycles. The van der Waals surface area contributed by atoms with E-state index in [1.165, 1.54) is 0 Å². The highest BCUT2D eigenvalue weighted by atomic mass is 28.4. The van der Waals surface area contributed by atoms with Crippen LogP contribution in [0.2, 0.25) is 5.54 Å². The van der Waals surface area contributed by atoms with Crippen molar-refractivity contribution in [3.63, 3.8) is 0 Å². The van der Waals surface area contributed by atoms with E-state index in [9.17, 15) is 0 Å². The maximum atomic E-state index is 5.84. The second-order valence-corrected chi connectivity index (χ2v) is 7.12. The summed E-state index contributed by atoms with van der Waals surface area (Å²) in [6.45, 7) is 11.0. The largest absolute Gasteiger partial charge is 0.505 e. The average Bonchev–Trinajstić information content (AvgIpc) is 2.17. The number of nitrogens with zero attached hydrogens (tertiary/aromatic N) is 1. The molecular weight excluding hydrogens is 222 g/mol. The van der Waals surface area contributed by atoms with Gasteiger partial charge in [0.15, 0.2) is 0 Å². The van der Waals surface area contributed by atoms with E-state index in [0.717, 1.165) is 6.54 Å². The topological polar surface area (TPSA) is 30.9 Å². The Bertz CT molecular complexity index is 162. The van der Waals surface area contributed by atoms with Crippen molar-refractivity contribution < 1.29 is 13.3 Å². The van der Waals surface area contributed by atoms with Crippen LogP contribution >= 0.6 is 0 Å². The van der Waals surface area contributed by atoms with Crippen LogP contribution in [0.25, 0.3) is 0 Å². The maximum Gasteiger partial charge on any atom is 0.505 e. The van der Waals surface area contributed by atoms with Crippen molar-refractivity contribution in [3.8, 4) is 0 Å². The van der Waals surface area contributed by atoms with Gasteiger partial charge in [0, 0.05) is 31.9 Å². The van der Waals surface area contributed by atoms with Gasteiger partial charge in [-0.25, -0.2) is 0 Å². The first kappa shape index (κ1) is 16.1. The fourth-order valence-corrected chi connectivity index (χ4v) is 4.71. The van der Waals surface area contributed by atoms with Crippen LogP contribution in [0.4, 0.5) is 0 Å². The van der Waals surface area contributed by atoms with Gasteiger partial charge < -0.3 is 18.2 Å². The summed E-state index contributed by atoms with van der Waals surface area (Å²) in [7, 11) is 1.61. The van der Waals surface area contributed by atoms with Crippen LogP contribution in [0.15, 0.2) is 0 Å². The van der Waals surface area contributed by atoms with Crippen LogP contribution in [0.3, 0.4) is 0 Å². The van der Waals surface area contributed by atoms with Gasteiger partial charge in [-0.15, -0.1) is 0 Å². The third-order valence-corrected chi connectivity index (χ3v) is 5.74. The van der Waals surface area contributed by atoms with E-state index >= 15 is 0 Å². The van der Waals surface area contributed by atoms with Crippen molar-refractivity contribution in [3.05, 3.63) is 0 Å². The smallest absolute Gasteiger partial charge is 0.374 e. The molecule has 0 aromatic heterocycles. The number of hydrogen-bond donors (Lipinski definition) is 0. The Kier molecular flexibility index (Phi) is 8.22. The summed E-state index contributed by atoms with van der Waals surface area (Å²) in [6, 6.07) is 0. The summed E-state index contributed by atoms with van der Waals surface area (Å²) in [5, 5.41) is 0. The van der Waals surface area contributed by atoms with Gasteiger partial charge in [0.25, 0.3) is 0 Å². The number of hydrogen-bond acceptors (Lipinski definition) is 4. The Labute approximate surface area is 101 Å². The molecule has 16 heavy (non-hydrogen) atoms. The molecule has 0 aliphatic heterocycles. The summed E-state index contributed by atoms with van der Waals surface area (Å²) in [5.41, 5.74) is 0.294. The van der Waals surface area contributed by atoms with Crippen molar-refractivity contribution >= 4 is 8.80 Å². The zero-order chi connectivity index (χ0) is 12.6. The van der Waals surface area contributed by atoms with E-state index in [2.05, 4.69) is 25.9 Å². The van der Waals surface area contributed by atoms with E-state index < -0.39 is 8.80 Å². The van der Waals surface area contributed by atoms with Crippen molar-refractivity contribution in [2.24, 2.45) is 0 Å². The highest BCUT2D eigenvalue weighted by Crippen LogP contribution is 2.26. The molecule has 0 spiro atoms. The van der Waals surface area contributed by atoms with Crippen molar-refractivity contribution in [2.45, 2.75) is 33.2 Å². The lowest BCUT2D eigenvalue weighted by atomic mass is 10.4. The lowest BCUT2D eigenvalue weighted by molar-refractivity contribution is 0.0595. The lowest BCUT2D eigenvalue weighted by Gasteiger charge is -2.34. The molecule has 0 N–H and O–H groups in total. The summed E-state index contributed by atoms with van der Waals surface area (Å²) in [4.78, 5) is 2.14. The third kappa shape index (κ3) is 4.93. The summed E-state index contributed by atoms with van der Waals surface area (Å²) < 4.78 is 17.5. The van der Waals surface area contributed by atoms with Crippen molar-refractivity contribution in [1.82, 2.24) is 4.90 Å². The Morgan fingerprint density at radius 1 is 0.938 bits per heavy atom. The Morgan fingerprint density at radius 2 is 1.31 bits per heavy atom. The fourth-order valence-electron chi connectivity index (χ4n) is 1.81.